The molecule has 1 aliphatic rings. The van der Waals surface area contributed by atoms with Crippen molar-refractivity contribution in [3.05, 3.63) is 48.0 Å². The van der Waals surface area contributed by atoms with Crippen molar-refractivity contribution < 1.29 is 13.2 Å². The van der Waals surface area contributed by atoms with Gasteiger partial charge in [0.15, 0.2) is 0 Å². The smallest absolute Gasteiger partial charge is 0.261 e. The van der Waals surface area contributed by atoms with Crippen molar-refractivity contribution in [2.75, 3.05) is 29.8 Å². The van der Waals surface area contributed by atoms with E-state index in [9.17, 15) is 8.42 Å². The first-order valence-electron chi connectivity index (χ1n) is 8.96. The Balaban J connectivity index is 1.81. The maximum atomic E-state index is 12.8. The van der Waals surface area contributed by atoms with E-state index in [1.165, 1.54) is 12.8 Å². The molecular weight excluding hydrogens is 348 g/mol. The summed E-state index contributed by atoms with van der Waals surface area (Å²) in [5, 5.41) is 0. The van der Waals surface area contributed by atoms with E-state index >= 15 is 0 Å². The second kappa shape index (κ2) is 7.58. The maximum Gasteiger partial charge on any atom is 0.261 e. The normalized spacial score (nSPS) is 14.7. The van der Waals surface area contributed by atoms with E-state index in [1.807, 2.05) is 38.1 Å². The van der Waals surface area contributed by atoms with Gasteiger partial charge in [0.05, 0.1) is 12.0 Å². The third kappa shape index (κ3) is 3.96. The summed E-state index contributed by atoms with van der Waals surface area (Å²) in [6.07, 6.45) is 2.42. The summed E-state index contributed by atoms with van der Waals surface area (Å²) in [6.45, 7) is 6.15. The minimum atomic E-state index is -3.65. The Bertz CT molecular complexity index is 855. The number of methoxy groups -OCH3 is 1. The van der Waals surface area contributed by atoms with E-state index in [2.05, 4.69) is 9.62 Å². The molecule has 0 bridgehead atoms. The molecular formula is C20H26N2O3S. The van der Waals surface area contributed by atoms with Crippen LogP contribution in [0.15, 0.2) is 47.4 Å². The number of hydrogen-bond donors (Lipinski definition) is 1. The molecule has 0 spiro atoms. The minimum Gasteiger partial charge on any atom is -0.496 e. The average Bonchev–Trinajstić information content (AvgIpc) is 3.16. The lowest BCUT2D eigenvalue weighted by atomic mass is 10.0. The molecule has 140 valence electrons. The highest BCUT2D eigenvalue weighted by molar-refractivity contribution is 7.92. The summed E-state index contributed by atoms with van der Waals surface area (Å²) in [6, 6.07) is 12.5. The summed E-state index contributed by atoms with van der Waals surface area (Å²) in [7, 11) is -2.05. The number of sulfonamides is 1. The monoisotopic (exact) mass is 374 g/mol. The van der Waals surface area contributed by atoms with Crippen LogP contribution in [-0.2, 0) is 10.0 Å². The van der Waals surface area contributed by atoms with Crippen molar-refractivity contribution in [2.24, 2.45) is 0 Å². The number of nitrogens with zero attached hydrogens (tertiary/aromatic N) is 1. The van der Waals surface area contributed by atoms with Gasteiger partial charge in [-0.05, 0) is 66.8 Å². The first-order chi connectivity index (χ1) is 12.4. The molecule has 1 heterocycles. The fraction of sp³-hybridized carbons (Fsp3) is 0.400. The lowest BCUT2D eigenvalue weighted by Crippen LogP contribution is -2.17. The minimum absolute atomic E-state index is 0.167. The van der Waals surface area contributed by atoms with Crippen LogP contribution < -0.4 is 14.4 Å². The number of benzene rings is 2. The van der Waals surface area contributed by atoms with Gasteiger partial charge in [-0.25, -0.2) is 8.42 Å². The summed E-state index contributed by atoms with van der Waals surface area (Å²) in [5.41, 5.74) is 2.58. The van der Waals surface area contributed by atoms with Crippen molar-refractivity contribution >= 4 is 21.4 Å². The van der Waals surface area contributed by atoms with Crippen LogP contribution in [0.4, 0.5) is 11.4 Å². The summed E-state index contributed by atoms with van der Waals surface area (Å²) in [4.78, 5) is 2.56. The molecule has 3 rings (SSSR count). The molecule has 26 heavy (non-hydrogen) atoms. The topological polar surface area (TPSA) is 58.6 Å². The van der Waals surface area contributed by atoms with E-state index in [0.29, 0.717) is 11.4 Å². The van der Waals surface area contributed by atoms with Crippen LogP contribution in [0.25, 0.3) is 0 Å². The van der Waals surface area contributed by atoms with Gasteiger partial charge < -0.3 is 9.64 Å². The third-order valence-electron chi connectivity index (χ3n) is 4.72. The molecule has 0 aromatic heterocycles. The highest BCUT2D eigenvalue weighted by atomic mass is 32.2. The van der Waals surface area contributed by atoms with Crippen molar-refractivity contribution in [1.82, 2.24) is 0 Å². The Morgan fingerprint density at radius 2 is 1.69 bits per heavy atom. The average molecular weight is 375 g/mol. The molecule has 0 saturated carbocycles. The van der Waals surface area contributed by atoms with E-state index < -0.39 is 10.0 Å². The number of ether oxygens (including phenoxy) is 1. The highest BCUT2D eigenvalue weighted by Gasteiger charge is 2.18. The molecule has 1 saturated heterocycles. The third-order valence-corrected chi connectivity index (χ3v) is 6.10. The first-order valence-corrected chi connectivity index (χ1v) is 10.4. The summed E-state index contributed by atoms with van der Waals surface area (Å²) in [5.74, 6) is 0.869. The van der Waals surface area contributed by atoms with Gasteiger partial charge in [-0.1, -0.05) is 13.8 Å². The maximum absolute atomic E-state index is 12.8. The Kier molecular flexibility index (Phi) is 5.41. The van der Waals surface area contributed by atoms with Crippen LogP contribution in [0.1, 0.15) is 38.2 Å². The lowest BCUT2D eigenvalue weighted by Gasteiger charge is -2.18. The quantitative estimate of drug-likeness (QED) is 0.822. The first kappa shape index (κ1) is 18.6. The standard InChI is InChI=1S/C20H26N2O3S/c1-15(2)19-14-18(10-11-20(19)25-3)26(23,24)21-16-6-8-17(9-7-16)22-12-4-5-13-22/h6-11,14-15,21H,4-5,12-13H2,1-3H3. The zero-order valence-electron chi connectivity index (χ0n) is 15.5. The second-order valence-electron chi connectivity index (χ2n) is 6.90. The predicted molar refractivity (Wildman–Crippen MR) is 106 cm³/mol. The molecule has 1 N–H and O–H groups in total. The van der Waals surface area contributed by atoms with E-state index in [0.717, 1.165) is 24.3 Å². The Labute approximate surface area is 156 Å². The van der Waals surface area contributed by atoms with Crippen LogP contribution in [0.3, 0.4) is 0 Å². The largest absolute Gasteiger partial charge is 0.496 e. The molecule has 1 fully saturated rings. The molecule has 0 radical (unpaired) electrons. The van der Waals surface area contributed by atoms with Gasteiger partial charge in [0, 0.05) is 24.5 Å². The summed E-state index contributed by atoms with van der Waals surface area (Å²) >= 11 is 0. The second-order valence-corrected chi connectivity index (χ2v) is 8.59. The number of hydrogen-bond acceptors (Lipinski definition) is 4. The number of rotatable bonds is 6. The molecule has 1 aliphatic heterocycles. The van der Waals surface area contributed by atoms with Crippen molar-refractivity contribution in [2.45, 2.75) is 37.5 Å². The molecule has 5 nitrogen and oxygen atoms in total. The van der Waals surface area contributed by atoms with Crippen LogP contribution in [0.2, 0.25) is 0 Å². The van der Waals surface area contributed by atoms with Crippen LogP contribution in [-0.4, -0.2) is 28.6 Å². The molecule has 0 aliphatic carbocycles. The Morgan fingerprint density at radius 1 is 1.04 bits per heavy atom. The fourth-order valence-corrected chi connectivity index (χ4v) is 4.35. The van der Waals surface area contributed by atoms with Crippen molar-refractivity contribution in [1.29, 1.82) is 0 Å². The number of nitrogens with one attached hydrogen (secondary N) is 1. The molecule has 0 amide bonds. The zero-order chi connectivity index (χ0) is 18.7. The molecule has 6 heteroatoms. The van der Waals surface area contributed by atoms with Crippen molar-refractivity contribution in [3.8, 4) is 5.75 Å². The van der Waals surface area contributed by atoms with Gasteiger partial charge >= 0.3 is 0 Å². The molecule has 0 unspecified atom stereocenters. The lowest BCUT2D eigenvalue weighted by molar-refractivity contribution is 0.407. The van der Waals surface area contributed by atoms with Gasteiger partial charge in [0.2, 0.25) is 0 Å². The molecule has 0 atom stereocenters. The van der Waals surface area contributed by atoms with Crippen molar-refractivity contribution in [3.63, 3.8) is 0 Å². The molecule has 2 aromatic rings. The SMILES string of the molecule is COc1ccc(S(=O)(=O)Nc2ccc(N3CCCC3)cc2)cc1C(C)C. The zero-order valence-corrected chi connectivity index (χ0v) is 16.3. The Morgan fingerprint density at radius 3 is 2.27 bits per heavy atom. The Hall–Kier alpha value is -2.21. The van der Waals surface area contributed by atoms with E-state index in [-0.39, 0.29) is 10.8 Å². The van der Waals surface area contributed by atoms with Crippen LogP contribution in [0, 0.1) is 0 Å². The van der Waals surface area contributed by atoms with Crippen LogP contribution in [0.5, 0.6) is 5.75 Å². The number of anilines is 2. The van der Waals surface area contributed by atoms with Crippen LogP contribution >= 0.6 is 0 Å². The summed E-state index contributed by atoms with van der Waals surface area (Å²) < 4.78 is 33.5. The van der Waals surface area contributed by atoms with Gasteiger partial charge in [0.25, 0.3) is 10.0 Å². The van der Waals surface area contributed by atoms with Gasteiger partial charge in [-0.2, -0.15) is 0 Å². The van der Waals surface area contributed by atoms with E-state index in [1.54, 1.807) is 25.3 Å². The predicted octanol–water partition coefficient (Wildman–Crippen LogP) is 4.22. The van der Waals surface area contributed by atoms with Gasteiger partial charge in [-0.15, -0.1) is 0 Å². The van der Waals surface area contributed by atoms with Gasteiger partial charge in [0.1, 0.15) is 5.75 Å². The van der Waals surface area contributed by atoms with E-state index in [4.69, 9.17) is 4.74 Å². The molecule has 2 aromatic carbocycles. The fourth-order valence-electron chi connectivity index (χ4n) is 3.26. The highest BCUT2D eigenvalue weighted by Crippen LogP contribution is 2.30. The van der Waals surface area contributed by atoms with Gasteiger partial charge in [-0.3, -0.25) is 4.72 Å².